The summed E-state index contributed by atoms with van der Waals surface area (Å²) in [4.78, 5) is 11.0. The summed E-state index contributed by atoms with van der Waals surface area (Å²) in [7, 11) is 3.21. The van der Waals surface area contributed by atoms with E-state index < -0.39 is 0 Å². The zero-order valence-corrected chi connectivity index (χ0v) is 13.8. The number of allylic oxidation sites excluding steroid dienone is 1. The number of methoxy groups -OCH3 is 2. The Morgan fingerprint density at radius 1 is 0.957 bits per heavy atom. The Hall–Kier alpha value is -2.75. The molecule has 2 aromatic rings. The topological polar surface area (TPSA) is 44.8 Å². The van der Waals surface area contributed by atoms with Gasteiger partial charge in [-0.15, -0.1) is 0 Å². The molecule has 120 valence electrons. The van der Waals surface area contributed by atoms with E-state index in [4.69, 9.17) is 14.2 Å². The van der Waals surface area contributed by atoms with Gasteiger partial charge in [0.25, 0.3) is 0 Å². The van der Waals surface area contributed by atoms with E-state index in [1.807, 2.05) is 31.2 Å². The molecule has 0 heterocycles. The summed E-state index contributed by atoms with van der Waals surface area (Å²) in [6.45, 7) is 7.35. The van der Waals surface area contributed by atoms with Crippen molar-refractivity contribution in [3.05, 3.63) is 48.5 Å². The number of hydrogen-bond acceptors (Lipinski definition) is 4. The summed E-state index contributed by atoms with van der Waals surface area (Å²) in [6, 6.07) is 11.1. The zero-order valence-electron chi connectivity index (χ0n) is 13.8. The molecule has 0 fully saturated rings. The first kappa shape index (κ1) is 16.6. The van der Waals surface area contributed by atoms with Gasteiger partial charge in [-0.3, -0.25) is 4.79 Å². The fraction of sp³-hybridized carbons (Fsp3) is 0.211. The van der Waals surface area contributed by atoms with Crippen molar-refractivity contribution in [3.8, 4) is 28.4 Å². The van der Waals surface area contributed by atoms with Gasteiger partial charge in [-0.25, -0.2) is 0 Å². The third kappa shape index (κ3) is 3.72. The Bertz CT molecular complexity index is 730. The van der Waals surface area contributed by atoms with E-state index in [1.165, 1.54) is 6.92 Å². The van der Waals surface area contributed by atoms with E-state index >= 15 is 0 Å². The van der Waals surface area contributed by atoms with Gasteiger partial charge in [-0.05, 0) is 47.9 Å². The van der Waals surface area contributed by atoms with Crippen LogP contribution in [0.3, 0.4) is 0 Å². The van der Waals surface area contributed by atoms with Crippen molar-refractivity contribution in [1.29, 1.82) is 0 Å². The first-order chi connectivity index (χ1) is 11.0. The molecular formula is C19H20O4. The molecule has 0 unspecified atom stereocenters. The van der Waals surface area contributed by atoms with E-state index in [-0.39, 0.29) is 5.97 Å². The predicted molar refractivity (Wildman–Crippen MR) is 91.0 cm³/mol. The first-order valence-corrected chi connectivity index (χ1v) is 7.17. The molecule has 0 amide bonds. The predicted octanol–water partition coefficient (Wildman–Crippen LogP) is 4.33. The van der Waals surface area contributed by atoms with Gasteiger partial charge in [0.05, 0.1) is 14.2 Å². The molecule has 0 aliphatic heterocycles. The maximum atomic E-state index is 11.0. The van der Waals surface area contributed by atoms with Crippen LogP contribution >= 0.6 is 0 Å². The van der Waals surface area contributed by atoms with Crippen LogP contribution in [0.25, 0.3) is 16.7 Å². The average Bonchev–Trinajstić information content (AvgIpc) is 2.53. The third-order valence-electron chi connectivity index (χ3n) is 3.41. The van der Waals surface area contributed by atoms with Crippen LogP contribution in [0, 0.1) is 0 Å². The van der Waals surface area contributed by atoms with Crippen LogP contribution in [0.1, 0.15) is 19.4 Å². The van der Waals surface area contributed by atoms with Gasteiger partial charge >= 0.3 is 5.97 Å². The zero-order chi connectivity index (χ0) is 17.0. The fourth-order valence-corrected chi connectivity index (χ4v) is 2.34. The van der Waals surface area contributed by atoms with Crippen LogP contribution in [0.5, 0.6) is 17.2 Å². The highest BCUT2D eigenvalue weighted by Gasteiger charge is 2.13. The van der Waals surface area contributed by atoms with Crippen LogP contribution in [0.2, 0.25) is 0 Å². The second-order valence-electron chi connectivity index (χ2n) is 5.15. The molecule has 0 aliphatic rings. The average molecular weight is 312 g/mol. The first-order valence-electron chi connectivity index (χ1n) is 7.17. The quantitative estimate of drug-likeness (QED) is 0.609. The molecule has 0 spiro atoms. The Morgan fingerprint density at radius 3 is 2.00 bits per heavy atom. The summed E-state index contributed by atoms with van der Waals surface area (Å²) >= 11 is 0. The number of carbonyl (C=O) groups excluding carboxylic acids is 1. The second kappa shape index (κ2) is 7.01. The highest BCUT2D eigenvalue weighted by atomic mass is 16.5. The van der Waals surface area contributed by atoms with Crippen molar-refractivity contribution < 1.29 is 19.0 Å². The molecule has 0 N–H and O–H groups in total. The molecule has 0 aromatic heterocycles. The Balaban J connectivity index is 2.52. The molecule has 2 aromatic carbocycles. The van der Waals surface area contributed by atoms with Gasteiger partial charge in [0.1, 0.15) is 5.75 Å². The summed E-state index contributed by atoms with van der Waals surface area (Å²) in [5, 5.41) is 0. The van der Waals surface area contributed by atoms with Crippen LogP contribution < -0.4 is 14.2 Å². The van der Waals surface area contributed by atoms with Crippen LogP contribution in [0.4, 0.5) is 0 Å². The van der Waals surface area contributed by atoms with Crippen molar-refractivity contribution in [1.82, 2.24) is 0 Å². The minimum atomic E-state index is -0.341. The molecule has 0 atom stereocenters. The van der Waals surface area contributed by atoms with Gasteiger partial charge in [-0.2, -0.15) is 0 Å². The number of benzene rings is 2. The van der Waals surface area contributed by atoms with E-state index in [2.05, 4.69) is 6.58 Å². The standard InChI is InChI=1S/C19H20O4/c1-12(2)16-10-18(21-4)19(22-5)11-17(16)14-6-8-15(9-7-14)23-13(3)20/h6-11H,1H2,2-5H3. The lowest BCUT2D eigenvalue weighted by Gasteiger charge is -2.15. The van der Waals surface area contributed by atoms with Crippen molar-refractivity contribution >= 4 is 11.5 Å². The highest BCUT2D eigenvalue weighted by Crippen LogP contribution is 2.38. The Labute approximate surface area is 136 Å². The molecule has 2 rings (SSSR count). The molecule has 23 heavy (non-hydrogen) atoms. The van der Waals surface area contributed by atoms with Gasteiger partial charge in [-0.1, -0.05) is 24.3 Å². The van der Waals surface area contributed by atoms with Gasteiger partial charge in [0.15, 0.2) is 11.5 Å². The Morgan fingerprint density at radius 2 is 1.52 bits per heavy atom. The lowest BCUT2D eigenvalue weighted by atomic mass is 9.95. The van der Waals surface area contributed by atoms with E-state index in [0.717, 1.165) is 22.3 Å². The van der Waals surface area contributed by atoms with Crippen LogP contribution in [0.15, 0.2) is 43.0 Å². The van der Waals surface area contributed by atoms with Gasteiger partial charge < -0.3 is 14.2 Å². The number of rotatable bonds is 5. The molecule has 0 saturated heterocycles. The molecule has 4 heteroatoms. The van der Waals surface area contributed by atoms with E-state index in [9.17, 15) is 4.79 Å². The van der Waals surface area contributed by atoms with Crippen molar-refractivity contribution in [2.75, 3.05) is 14.2 Å². The summed E-state index contributed by atoms with van der Waals surface area (Å²) in [6.07, 6.45) is 0. The molecule has 0 aliphatic carbocycles. The number of ether oxygens (including phenoxy) is 3. The SMILES string of the molecule is C=C(C)c1cc(OC)c(OC)cc1-c1ccc(OC(C)=O)cc1. The maximum absolute atomic E-state index is 11.0. The molecule has 0 bridgehead atoms. The smallest absolute Gasteiger partial charge is 0.308 e. The summed E-state index contributed by atoms with van der Waals surface area (Å²) in [5.41, 5.74) is 3.84. The second-order valence-corrected chi connectivity index (χ2v) is 5.15. The largest absolute Gasteiger partial charge is 0.493 e. The van der Waals surface area contributed by atoms with Crippen molar-refractivity contribution in [3.63, 3.8) is 0 Å². The molecular weight excluding hydrogens is 292 g/mol. The Kier molecular flexibility index (Phi) is 5.06. The number of carbonyl (C=O) groups is 1. The van der Waals surface area contributed by atoms with E-state index in [0.29, 0.717) is 17.2 Å². The minimum absolute atomic E-state index is 0.341. The van der Waals surface area contributed by atoms with Crippen molar-refractivity contribution in [2.24, 2.45) is 0 Å². The fourth-order valence-electron chi connectivity index (χ4n) is 2.34. The lowest BCUT2D eigenvalue weighted by molar-refractivity contribution is -0.131. The minimum Gasteiger partial charge on any atom is -0.493 e. The molecule has 4 nitrogen and oxygen atoms in total. The molecule has 0 saturated carbocycles. The summed E-state index contributed by atoms with van der Waals surface area (Å²) in [5.74, 6) is 1.48. The van der Waals surface area contributed by atoms with Gasteiger partial charge in [0, 0.05) is 6.92 Å². The van der Waals surface area contributed by atoms with Crippen LogP contribution in [-0.4, -0.2) is 20.2 Å². The van der Waals surface area contributed by atoms with Crippen molar-refractivity contribution in [2.45, 2.75) is 13.8 Å². The van der Waals surface area contributed by atoms with Crippen LogP contribution in [-0.2, 0) is 4.79 Å². The highest BCUT2D eigenvalue weighted by molar-refractivity contribution is 5.82. The lowest BCUT2D eigenvalue weighted by Crippen LogP contribution is -2.01. The maximum Gasteiger partial charge on any atom is 0.308 e. The summed E-state index contributed by atoms with van der Waals surface area (Å²) < 4.78 is 15.8. The van der Waals surface area contributed by atoms with Gasteiger partial charge in [0.2, 0.25) is 0 Å². The molecule has 0 radical (unpaired) electrons. The normalized spacial score (nSPS) is 10.1. The third-order valence-corrected chi connectivity index (χ3v) is 3.41. The number of esters is 1. The number of hydrogen-bond donors (Lipinski definition) is 0. The van der Waals surface area contributed by atoms with E-state index in [1.54, 1.807) is 26.4 Å². The monoisotopic (exact) mass is 312 g/mol.